The van der Waals surface area contributed by atoms with Gasteiger partial charge in [0.15, 0.2) is 14.1 Å². The molecule has 2 aromatic carbocycles. The maximum atomic E-state index is 12.9. The van der Waals surface area contributed by atoms with Crippen molar-refractivity contribution in [2.45, 2.75) is 26.4 Å². The summed E-state index contributed by atoms with van der Waals surface area (Å²) in [6.07, 6.45) is 0. The van der Waals surface area contributed by atoms with E-state index in [2.05, 4.69) is 0 Å². The molecule has 0 saturated carbocycles. The SMILES string of the molecule is CC(C)C(C)(Oc1ccc(P=O)cc1)C(=O)c1ccccc1. The molecule has 0 fully saturated rings. The van der Waals surface area contributed by atoms with Gasteiger partial charge >= 0.3 is 0 Å². The van der Waals surface area contributed by atoms with Gasteiger partial charge in [0.05, 0.1) is 0 Å². The van der Waals surface area contributed by atoms with E-state index in [1.165, 1.54) is 0 Å². The van der Waals surface area contributed by atoms with E-state index in [1.54, 1.807) is 36.4 Å². The van der Waals surface area contributed by atoms with Crippen molar-refractivity contribution in [3.8, 4) is 5.75 Å². The Balaban J connectivity index is 2.31. The van der Waals surface area contributed by atoms with Gasteiger partial charge in [-0.05, 0) is 31.2 Å². The minimum absolute atomic E-state index is 0.00230. The Labute approximate surface area is 132 Å². The molecule has 114 valence electrons. The van der Waals surface area contributed by atoms with Gasteiger partial charge in [-0.25, -0.2) is 0 Å². The number of carbonyl (C=O) groups excluding carboxylic acids is 1. The highest BCUT2D eigenvalue weighted by Gasteiger charge is 2.39. The van der Waals surface area contributed by atoms with E-state index in [0.29, 0.717) is 16.6 Å². The second-order valence-electron chi connectivity index (χ2n) is 5.64. The first-order valence-electron chi connectivity index (χ1n) is 7.19. The summed E-state index contributed by atoms with van der Waals surface area (Å²) in [5.74, 6) is 0.541. The average molecular weight is 314 g/mol. The Morgan fingerprint density at radius 1 is 1.05 bits per heavy atom. The second-order valence-corrected chi connectivity index (χ2v) is 6.34. The molecule has 2 aromatic rings. The Hall–Kier alpha value is -1.99. The Bertz CT molecular complexity index is 650. The van der Waals surface area contributed by atoms with Crippen molar-refractivity contribution in [3.05, 3.63) is 60.2 Å². The van der Waals surface area contributed by atoms with Gasteiger partial charge in [0, 0.05) is 16.8 Å². The number of benzene rings is 2. The molecule has 1 atom stereocenters. The molecule has 0 radical (unpaired) electrons. The van der Waals surface area contributed by atoms with E-state index < -0.39 is 5.60 Å². The Morgan fingerprint density at radius 3 is 2.14 bits per heavy atom. The summed E-state index contributed by atoms with van der Waals surface area (Å²) in [6, 6.07) is 16.1. The lowest BCUT2D eigenvalue weighted by Gasteiger charge is -2.33. The monoisotopic (exact) mass is 314 g/mol. The van der Waals surface area contributed by atoms with Crippen molar-refractivity contribution in [3.63, 3.8) is 0 Å². The topological polar surface area (TPSA) is 43.4 Å². The summed E-state index contributed by atoms with van der Waals surface area (Å²) >= 11 is 0. The average Bonchev–Trinajstić information content (AvgIpc) is 2.55. The maximum absolute atomic E-state index is 12.9. The zero-order chi connectivity index (χ0) is 16.2. The highest BCUT2D eigenvalue weighted by atomic mass is 31.1. The van der Waals surface area contributed by atoms with Crippen LogP contribution in [0.5, 0.6) is 5.75 Å². The number of Topliss-reactive ketones (excluding diaryl/α,β-unsaturated/α-hetero) is 1. The molecule has 4 heteroatoms. The van der Waals surface area contributed by atoms with E-state index in [9.17, 15) is 9.36 Å². The van der Waals surface area contributed by atoms with Crippen LogP contribution in [0.4, 0.5) is 0 Å². The van der Waals surface area contributed by atoms with Crippen LogP contribution in [0.25, 0.3) is 0 Å². The van der Waals surface area contributed by atoms with Crippen LogP contribution in [0.2, 0.25) is 0 Å². The molecule has 0 aliphatic rings. The fourth-order valence-corrected chi connectivity index (χ4v) is 2.39. The lowest BCUT2D eigenvalue weighted by Crippen LogP contribution is -2.46. The normalized spacial score (nSPS) is 13.8. The van der Waals surface area contributed by atoms with Crippen LogP contribution in [0.1, 0.15) is 31.1 Å². The van der Waals surface area contributed by atoms with Crippen molar-refractivity contribution < 1.29 is 14.1 Å². The van der Waals surface area contributed by atoms with Crippen LogP contribution in [-0.2, 0) is 4.57 Å². The smallest absolute Gasteiger partial charge is 0.206 e. The van der Waals surface area contributed by atoms with Crippen LogP contribution in [0, 0.1) is 5.92 Å². The number of ketones is 1. The number of ether oxygens (including phenoxy) is 1. The third kappa shape index (κ3) is 3.42. The summed E-state index contributed by atoms with van der Waals surface area (Å²) in [6.45, 7) is 5.74. The summed E-state index contributed by atoms with van der Waals surface area (Å²) in [5, 5.41) is 0.674. The van der Waals surface area contributed by atoms with Crippen LogP contribution >= 0.6 is 8.46 Å². The van der Waals surface area contributed by atoms with Gasteiger partial charge in [0.1, 0.15) is 5.75 Å². The number of hydrogen-bond donors (Lipinski definition) is 0. The lowest BCUT2D eigenvalue weighted by atomic mass is 9.84. The molecule has 0 saturated heterocycles. The first-order valence-corrected chi connectivity index (χ1v) is 8.01. The van der Waals surface area contributed by atoms with Gasteiger partial charge in [-0.2, -0.15) is 0 Å². The van der Waals surface area contributed by atoms with Crippen molar-refractivity contribution in [1.29, 1.82) is 0 Å². The molecule has 0 N–H and O–H groups in total. The highest BCUT2D eigenvalue weighted by Crippen LogP contribution is 2.28. The first kappa shape index (κ1) is 16.4. The molecule has 0 bridgehead atoms. The molecule has 0 aromatic heterocycles. The van der Waals surface area contributed by atoms with E-state index in [4.69, 9.17) is 4.74 Å². The lowest BCUT2D eigenvalue weighted by molar-refractivity contribution is 0.0322. The molecule has 0 aliphatic heterocycles. The molecule has 0 amide bonds. The third-order valence-corrected chi connectivity index (χ3v) is 4.37. The van der Waals surface area contributed by atoms with Crippen molar-refractivity contribution in [1.82, 2.24) is 0 Å². The predicted octanol–water partition coefficient (Wildman–Crippen LogP) is 4.28. The summed E-state index contributed by atoms with van der Waals surface area (Å²) in [5.41, 5.74) is -0.327. The Morgan fingerprint density at radius 2 is 1.64 bits per heavy atom. The molecule has 22 heavy (non-hydrogen) atoms. The minimum atomic E-state index is -0.960. The first-order chi connectivity index (χ1) is 10.5. The van der Waals surface area contributed by atoms with Crippen LogP contribution in [0.3, 0.4) is 0 Å². The number of rotatable bonds is 6. The van der Waals surface area contributed by atoms with Crippen molar-refractivity contribution >= 4 is 19.5 Å². The molecule has 0 heterocycles. The van der Waals surface area contributed by atoms with E-state index in [1.807, 2.05) is 39.0 Å². The van der Waals surface area contributed by atoms with E-state index in [-0.39, 0.29) is 20.2 Å². The Kier molecular flexibility index (Phi) is 5.10. The standard InChI is InChI=1S/C18H19O3P/c1-13(2)18(3,17(19)14-7-5-4-6-8-14)21-15-9-11-16(22-20)12-10-15/h4-13H,1-3H3. The molecular weight excluding hydrogens is 295 g/mol. The zero-order valence-electron chi connectivity index (χ0n) is 12.9. The van der Waals surface area contributed by atoms with E-state index >= 15 is 0 Å². The molecule has 0 spiro atoms. The van der Waals surface area contributed by atoms with Crippen LogP contribution in [-0.4, -0.2) is 11.4 Å². The largest absolute Gasteiger partial charge is 0.479 e. The number of carbonyl (C=O) groups is 1. The third-order valence-electron chi connectivity index (χ3n) is 3.86. The van der Waals surface area contributed by atoms with Gasteiger partial charge in [-0.3, -0.25) is 9.36 Å². The van der Waals surface area contributed by atoms with Gasteiger partial charge in [0.2, 0.25) is 5.78 Å². The van der Waals surface area contributed by atoms with Crippen molar-refractivity contribution in [2.24, 2.45) is 5.92 Å². The van der Waals surface area contributed by atoms with Gasteiger partial charge in [-0.1, -0.05) is 44.2 Å². The van der Waals surface area contributed by atoms with Gasteiger partial charge < -0.3 is 4.74 Å². The summed E-state index contributed by atoms with van der Waals surface area (Å²) in [7, 11) is -0.0287. The molecule has 2 rings (SSSR count). The zero-order valence-corrected chi connectivity index (χ0v) is 13.8. The van der Waals surface area contributed by atoms with Crippen molar-refractivity contribution in [2.75, 3.05) is 0 Å². The highest BCUT2D eigenvalue weighted by molar-refractivity contribution is 7.34. The second kappa shape index (κ2) is 6.85. The van der Waals surface area contributed by atoms with E-state index in [0.717, 1.165) is 0 Å². The quantitative estimate of drug-likeness (QED) is 0.590. The van der Waals surface area contributed by atoms with Crippen LogP contribution < -0.4 is 10.0 Å². The maximum Gasteiger partial charge on any atom is 0.206 e. The molecule has 1 unspecified atom stereocenters. The summed E-state index contributed by atoms with van der Waals surface area (Å²) < 4.78 is 16.8. The summed E-state index contributed by atoms with van der Waals surface area (Å²) in [4.78, 5) is 12.9. The van der Waals surface area contributed by atoms with Crippen LogP contribution in [0.15, 0.2) is 54.6 Å². The fraction of sp³-hybridized carbons (Fsp3) is 0.278. The molecular formula is C18H19O3P. The van der Waals surface area contributed by atoms with Gasteiger partial charge in [-0.15, -0.1) is 0 Å². The molecule has 0 aliphatic carbocycles. The molecule has 3 nitrogen and oxygen atoms in total. The fourth-order valence-electron chi connectivity index (χ4n) is 2.12. The number of hydrogen-bond acceptors (Lipinski definition) is 3. The predicted molar refractivity (Wildman–Crippen MR) is 88.3 cm³/mol. The minimum Gasteiger partial charge on any atom is -0.479 e. The van der Waals surface area contributed by atoms with Gasteiger partial charge in [0.25, 0.3) is 0 Å².